The number of benzene rings is 1. The maximum Gasteiger partial charge on any atom is 0.534 e. The summed E-state index contributed by atoms with van der Waals surface area (Å²) >= 11 is 0. The van der Waals surface area contributed by atoms with Crippen molar-refractivity contribution in [2.45, 2.75) is 18.5 Å². The van der Waals surface area contributed by atoms with Crippen molar-refractivity contribution in [2.24, 2.45) is 0 Å². The van der Waals surface area contributed by atoms with Crippen LogP contribution in [0.25, 0.3) is 0 Å². The molecule has 6 nitrogen and oxygen atoms in total. The third kappa shape index (κ3) is 4.20. The first-order valence-corrected chi connectivity index (χ1v) is 8.16. The molecule has 2 rings (SSSR count). The zero-order valence-corrected chi connectivity index (χ0v) is 13.3. The smallest absolute Gasteiger partial charge is 0.486 e. The number of alkyl halides is 3. The van der Waals surface area contributed by atoms with Crippen molar-refractivity contribution in [2.75, 3.05) is 26.7 Å². The molecule has 1 unspecified atom stereocenters. The van der Waals surface area contributed by atoms with Gasteiger partial charge in [0.2, 0.25) is 0 Å². The van der Waals surface area contributed by atoms with E-state index in [4.69, 9.17) is 9.47 Å². The Morgan fingerprint density at radius 3 is 2.65 bits per heavy atom. The van der Waals surface area contributed by atoms with Gasteiger partial charge in [-0.1, -0.05) is 6.92 Å². The summed E-state index contributed by atoms with van der Waals surface area (Å²) in [6.07, 6.45) is -0.318. The highest BCUT2D eigenvalue weighted by molar-refractivity contribution is 7.88. The molecular formula is C13H16F3NO5S. The Labute approximate surface area is 131 Å². The maximum absolute atomic E-state index is 12.3. The molecule has 0 radical (unpaired) electrons. The van der Waals surface area contributed by atoms with E-state index in [9.17, 15) is 21.6 Å². The van der Waals surface area contributed by atoms with E-state index >= 15 is 0 Å². The van der Waals surface area contributed by atoms with Gasteiger partial charge in [-0.25, -0.2) is 0 Å². The van der Waals surface area contributed by atoms with Gasteiger partial charge in [0.05, 0.1) is 0 Å². The van der Waals surface area contributed by atoms with Crippen LogP contribution in [0.4, 0.5) is 13.2 Å². The number of rotatable bonds is 5. The molecule has 1 heterocycles. The van der Waals surface area contributed by atoms with E-state index < -0.39 is 21.4 Å². The molecule has 10 heteroatoms. The van der Waals surface area contributed by atoms with Crippen molar-refractivity contribution in [1.82, 2.24) is 4.90 Å². The van der Waals surface area contributed by atoms with Crippen LogP contribution in [0.1, 0.15) is 6.92 Å². The first-order chi connectivity index (χ1) is 10.6. The summed E-state index contributed by atoms with van der Waals surface area (Å²) in [5.41, 5.74) is -5.49. The Morgan fingerprint density at radius 1 is 1.35 bits per heavy atom. The number of likely N-dealkylation sites (N-methyl/N-ethyl adjacent to an activating group) is 1. The molecule has 0 fully saturated rings. The van der Waals surface area contributed by atoms with E-state index in [-0.39, 0.29) is 11.9 Å². The lowest BCUT2D eigenvalue weighted by molar-refractivity contribution is -0.0500. The van der Waals surface area contributed by atoms with Crippen LogP contribution in [-0.4, -0.2) is 51.7 Å². The summed E-state index contributed by atoms with van der Waals surface area (Å²) in [5.74, 6) is -0.0352. The lowest BCUT2D eigenvalue weighted by atomic mass is 10.2. The number of nitrogens with zero attached hydrogens (tertiary/aromatic N) is 1. The summed E-state index contributed by atoms with van der Waals surface area (Å²) in [5, 5.41) is 0. The van der Waals surface area contributed by atoms with E-state index in [0.29, 0.717) is 18.9 Å². The van der Waals surface area contributed by atoms with Crippen LogP contribution in [0.15, 0.2) is 18.2 Å². The molecule has 1 aromatic rings. The van der Waals surface area contributed by atoms with Crippen LogP contribution in [-0.2, 0) is 10.1 Å². The minimum atomic E-state index is -5.72. The first kappa shape index (κ1) is 17.7. The molecule has 0 aromatic heterocycles. The van der Waals surface area contributed by atoms with Crippen molar-refractivity contribution in [3.05, 3.63) is 18.2 Å². The van der Waals surface area contributed by atoms with Gasteiger partial charge in [0.25, 0.3) is 0 Å². The fourth-order valence-corrected chi connectivity index (χ4v) is 2.34. The number of hydrogen-bond donors (Lipinski definition) is 0. The quantitative estimate of drug-likeness (QED) is 0.595. The molecule has 1 atom stereocenters. The van der Waals surface area contributed by atoms with Crippen molar-refractivity contribution < 1.29 is 35.2 Å². The normalized spacial score (nSPS) is 18.1. The van der Waals surface area contributed by atoms with Crippen molar-refractivity contribution in [3.63, 3.8) is 0 Å². The van der Waals surface area contributed by atoms with Crippen molar-refractivity contribution in [3.8, 4) is 17.2 Å². The second-order valence-electron chi connectivity index (χ2n) is 5.00. The molecule has 1 aliphatic rings. The predicted molar refractivity (Wildman–Crippen MR) is 75.1 cm³/mol. The van der Waals surface area contributed by atoms with Crippen molar-refractivity contribution in [1.29, 1.82) is 0 Å². The molecule has 0 saturated carbocycles. The Hall–Kier alpha value is -1.68. The van der Waals surface area contributed by atoms with Crippen LogP contribution in [0.3, 0.4) is 0 Å². The fraction of sp³-hybridized carbons (Fsp3) is 0.538. The highest BCUT2D eigenvalue weighted by Crippen LogP contribution is 2.36. The van der Waals surface area contributed by atoms with E-state index in [0.717, 1.165) is 18.7 Å². The van der Waals surface area contributed by atoms with E-state index in [1.165, 1.54) is 6.07 Å². The van der Waals surface area contributed by atoms with Gasteiger partial charge in [-0.05, 0) is 25.7 Å². The Bertz CT molecular complexity index is 662. The number of hydrogen-bond acceptors (Lipinski definition) is 6. The number of halogens is 3. The van der Waals surface area contributed by atoms with Crippen molar-refractivity contribution >= 4 is 10.1 Å². The Balaban J connectivity index is 2.15. The summed E-state index contributed by atoms with van der Waals surface area (Å²) in [7, 11) is -3.84. The first-order valence-electron chi connectivity index (χ1n) is 6.75. The zero-order valence-electron chi connectivity index (χ0n) is 12.5. The molecule has 0 N–H and O–H groups in total. The topological polar surface area (TPSA) is 65.1 Å². The van der Waals surface area contributed by atoms with E-state index in [2.05, 4.69) is 4.18 Å². The SMILES string of the molecule is CCN(C)CC1COc2ccc(OS(=O)(=O)C(F)(F)F)cc2O1. The standard InChI is InChI=1S/C13H16F3NO5S/c1-3-17(2)7-10-8-20-11-5-4-9(6-12(11)21-10)22-23(18,19)13(14,15)16/h4-6,10H,3,7-8H2,1-2H3. The predicted octanol–water partition coefficient (Wildman–Crippen LogP) is 2.01. The number of ether oxygens (including phenoxy) is 2. The average Bonchev–Trinajstić information content (AvgIpc) is 2.45. The second kappa shape index (κ2) is 6.44. The van der Waals surface area contributed by atoms with Crippen LogP contribution >= 0.6 is 0 Å². The summed E-state index contributed by atoms with van der Waals surface area (Å²) in [6, 6.07) is 3.44. The molecule has 0 bridgehead atoms. The van der Waals surface area contributed by atoms with Crippen LogP contribution in [0, 0.1) is 0 Å². The molecule has 23 heavy (non-hydrogen) atoms. The fourth-order valence-electron chi connectivity index (χ4n) is 1.89. The highest BCUT2D eigenvalue weighted by atomic mass is 32.2. The molecule has 0 spiro atoms. The molecule has 1 aliphatic heterocycles. The lowest BCUT2D eigenvalue weighted by Gasteiger charge is -2.29. The summed E-state index contributed by atoms with van der Waals surface area (Å²) in [4.78, 5) is 1.98. The van der Waals surface area contributed by atoms with E-state index in [1.807, 2.05) is 18.9 Å². The Kier molecular flexibility index (Phi) is 4.95. The summed E-state index contributed by atoms with van der Waals surface area (Å²) in [6.45, 7) is 3.60. The highest BCUT2D eigenvalue weighted by Gasteiger charge is 2.48. The van der Waals surface area contributed by atoms with Crippen LogP contribution in [0.5, 0.6) is 17.2 Å². The van der Waals surface area contributed by atoms with Crippen LogP contribution < -0.4 is 13.7 Å². The zero-order chi connectivity index (χ0) is 17.3. The molecule has 130 valence electrons. The lowest BCUT2D eigenvalue weighted by Crippen LogP contribution is -2.39. The monoisotopic (exact) mass is 355 g/mol. The minimum Gasteiger partial charge on any atom is -0.486 e. The molecule has 0 aliphatic carbocycles. The van der Waals surface area contributed by atoms with Gasteiger partial charge in [-0.3, -0.25) is 0 Å². The maximum atomic E-state index is 12.3. The number of fused-ring (bicyclic) bond motifs is 1. The van der Waals surface area contributed by atoms with Gasteiger partial charge >= 0.3 is 15.6 Å². The summed E-state index contributed by atoms with van der Waals surface area (Å²) < 4.78 is 74.2. The van der Waals surface area contributed by atoms with E-state index in [1.54, 1.807) is 0 Å². The Morgan fingerprint density at radius 2 is 2.04 bits per heavy atom. The van der Waals surface area contributed by atoms with Gasteiger partial charge in [0.1, 0.15) is 18.5 Å². The molecular weight excluding hydrogens is 339 g/mol. The van der Waals surface area contributed by atoms with Gasteiger partial charge < -0.3 is 18.6 Å². The third-order valence-electron chi connectivity index (χ3n) is 3.18. The third-order valence-corrected chi connectivity index (χ3v) is 4.16. The van der Waals surface area contributed by atoms with Gasteiger partial charge in [-0.15, -0.1) is 0 Å². The van der Waals surface area contributed by atoms with Gasteiger partial charge in [0, 0.05) is 12.6 Å². The molecule has 1 aromatic carbocycles. The minimum absolute atomic E-state index is 0.139. The average molecular weight is 355 g/mol. The van der Waals surface area contributed by atoms with Crippen LogP contribution in [0.2, 0.25) is 0 Å². The van der Waals surface area contributed by atoms with Gasteiger partial charge in [0.15, 0.2) is 11.5 Å². The largest absolute Gasteiger partial charge is 0.534 e. The van der Waals surface area contributed by atoms with Gasteiger partial charge in [-0.2, -0.15) is 21.6 Å². The molecule has 0 saturated heterocycles. The molecule has 0 amide bonds. The second-order valence-corrected chi connectivity index (χ2v) is 6.54.